The van der Waals surface area contributed by atoms with Gasteiger partial charge in [-0.25, -0.2) is 0 Å². The summed E-state index contributed by atoms with van der Waals surface area (Å²) in [7, 11) is 1.40. The first-order valence-electron chi connectivity index (χ1n) is 4.27. The number of hydrogen-bond acceptors (Lipinski definition) is 3. The van der Waals surface area contributed by atoms with Crippen LogP contribution in [0.2, 0.25) is 0 Å². The molecule has 1 aliphatic rings. The summed E-state index contributed by atoms with van der Waals surface area (Å²) in [6.45, 7) is 4.05. The van der Waals surface area contributed by atoms with Crippen LogP contribution in [0.1, 0.15) is 33.1 Å². The van der Waals surface area contributed by atoms with Crippen molar-refractivity contribution >= 4 is 5.97 Å². The van der Waals surface area contributed by atoms with E-state index >= 15 is 0 Å². The number of hydrogen-bond donors (Lipinski definition) is 1. The second-order valence-corrected chi connectivity index (χ2v) is 4.23. The van der Waals surface area contributed by atoms with Gasteiger partial charge in [-0.15, -0.1) is 0 Å². The Balaban J connectivity index is 2.54. The molecular formula is C9H17NO2. The number of esters is 1. The minimum atomic E-state index is -0.403. The fourth-order valence-corrected chi connectivity index (χ4v) is 1.34. The third-order valence-electron chi connectivity index (χ3n) is 3.12. The lowest BCUT2D eigenvalue weighted by molar-refractivity contribution is -0.142. The Kier molecular flexibility index (Phi) is 2.17. The first-order valence-corrected chi connectivity index (χ1v) is 4.27. The van der Waals surface area contributed by atoms with E-state index in [-0.39, 0.29) is 11.4 Å². The Bertz CT molecular complexity index is 195. The molecule has 0 aromatic heterocycles. The molecule has 1 atom stereocenters. The summed E-state index contributed by atoms with van der Waals surface area (Å²) in [6.07, 6.45) is 2.56. The minimum Gasteiger partial charge on any atom is -0.469 e. The van der Waals surface area contributed by atoms with Gasteiger partial charge in [0.15, 0.2) is 0 Å². The Morgan fingerprint density at radius 1 is 1.67 bits per heavy atom. The van der Waals surface area contributed by atoms with E-state index in [4.69, 9.17) is 5.73 Å². The maximum atomic E-state index is 11.0. The largest absolute Gasteiger partial charge is 0.469 e. The van der Waals surface area contributed by atoms with E-state index in [2.05, 4.69) is 11.7 Å². The predicted octanol–water partition coefficient (Wildman–Crippen LogP) is 1.07. The maximum Gasteiger partial charge on any atom is 0.307 e. The van der Waals surface area contributed by atoms with Gasteiger partial charge in [-0.2, -0.15) is 0 Å². The summed E-state index contributed by atoms with van der Waals surface area (Å²) in [5, 5.41) is 0. The van der Waals surface area contributed by atoms with Crippen LogP contribution < -0.4 is 5.73 Å². The quantitative estimate of drug-likeness (QED) is 0.646. The second kappa shape index (κ2) is 2.73. The average molecular weight is 171 g/mol. The molecular weight excluding hydrogens is 154 g/mol. The van der Waals surface area contributed by atoms with Crippen molar-refractivity contribution in [1.82, 2.24) is 0 Å². The van der Waals surface area contributed by atoms with Crippen molar-refractivity contribution in [3.8, 4) is 0 Å². The van der Waals surface area contributed by atoms with Crippen molar-refractivity contribution in [2.75, 3.05) is 7.11 Å². The lowest BCUT2D eigenvalue weighted by Crippen LogP contribution is -2.46. The number of ether oxygens (including phenoxy) is 1. The molecule has 0 bridgehead atoms. The minimum absolute atomic E-state index is 0.154. The Morgan fingerprint density at radius 2 is 2.17 bits per heavy atom. The summed E-state index contributed by atoms with van der Waals surface area (Å²) in [5.41, 5.74) is 5.78. The van der Waals surface area contributed by atoms with Crippen LogP contribution in [0.5, 0.6) is 0 Å². The average Bonchev–Trinajstić information content (AvgIpc) is 2.68. The smallest absolute Gasteiger partial charge is 0.307 e. The van der Waals surface area contributed by atoms with Gasteiger partial charge in [0.1, 0.15) is 0 Å². The molecule has 0 amide bonds. The molecule has 3 heteroatoms. The van der Waals surface area contributed by atoms with Crippen LogP contribution in [0.3, 0.4) is 0 Å². The van der Waals surface area contributed by atoms with Crippen LogP contribution in [-0.4, -0.2) is 18.6 Å². The molecule has 0 heterocycles. The van der Waals surface area contributed by atoms with E-state index < -0.39 is 5.54 Å². The van der Waals surface area contributed by atoms with Gasteiger partial charge in [-0.05, 0) is 25.2 Å². The van der Waals surface area contributed by atoms with Crippen LogP contribution in [-0.2, 0) is 9.53 Å². The summed E-state index contributed by atoms with van der Waals surface area (Å²) >= 11 is 0. The first kappa shape index (κ1) is 9.52. The molecule has 0 aromatic rings. The van der Waals surface area contributed by atoms with Gasteiger partial charge in [-0.3, -0.25) is 4.79 Å². The van der Waals surface area contributed by atoms with E-state index in [0.29, 0.717) is 6.42 Å². The first-order chi connectivity index (χ1) is 5.41. The SMILES string of the molecule is COC(=O)CC(C)(N)C1(C)CC1. The zero-order valence-electron chi connectivity index (χ0n) is 8.02. The highest BCUT2D eigenvalue weighted by atomic mass is 16.5. The third kappa shape index (κ3) is 1.61. The van der Waals surface area contributed by atoms with Crippen molar-refractivity contribution in [3.05, 3.63) is 0 Å². The molecule has 1 aliphatic carbocycles. The molecule has 0 saturated heterocycles. The molecule has 0 aromatic carbocycles. The van der Waals surface area contributed by atoms with E-state index in [1.54, 1.807) is 0 Å². The zero-order valence-corrected chi connectivity index (χ0v) is 8.02. The highest BCUT2D eigenvalue weighted by molar-refractivity contribution is 5.71. The van der Waals surface area contributed by atoms with Crippen molar-refractivity contribution in [2.45, 2.75) is 38.6 Å². The summed E-state index contributed by atoms with van der Waals surface area (Å²) in [6, 6.07) is 0. The van der Waals surface area contributed by atoms with E-state index in [1.165, 1.54) is 7.11 Å². The van der Waals surface area contributed by atoms with Crippen LogP contribution >= 0.6 is 0 Å². The van der Waals surface area contributed by atoms with Gasteiger partial charge in [0.05, 0.1) is 13.5 Å². The number of carbonyl (C=O) groups excluding carboxylic acids is 1. The van der Waals surface area contributed by atoms with Crippen LogP contribution in [0, 0.1) is 5.41 Å². The molecule has 1 fully saturated rings. The molecule has 70 valence electrons. The van der Waals surface area contributed by atoms with Crippen molar-refractivity contribution in [3.63, 3.8) is 0 Å². The lowest BCUT2D eigenvalue weighted by Gasteiger charge is -2.30. The van der Waals surface area contributed by atoms with E-state index in [9.17, 15) is 4.79 Å². The van der Waals surface area contributed by atoms with Gasteiger partial charge in [-0.1, -0.05) is 6.92 Å². The van der Waals surface area contributed by atoms with Crippen molar-refractivity contribution < 1.29 is 9.53 Å². The highest BCUT2D eigenvalue weighted by Crippen LogP contribution is 2.53. The lowest BCUT2D eigenvalue weighted by atomic mass is 9.82. The van der Waals surface area contributed by atoms with Crippen molar-refractivity contribution in [2.24, 2.45) is 11.1 Å². The summed E-state index contributed by atoms with van der Waals surface area (Å²) in [4.78, 5) is 11.0. The van der Waals surface area contributed by atoms with Gasteiger partial charge in [0.2, 0.25) is 0 Å². The second-order valence-electron chi connectivity index (χ2n) is 4.23. The molecule has 0 aliphatic heterocycles. The summed E-state index contributed by atoms with van der Waals surface area (Å²) in [5.74, 6) is -0.215. The molecule has 3 nitrogen and oxygen atoms in total. The third-order valence-corrected chi connectivity index (χ3v) is 3.12. The molecule has 0 spiro atoms. The molecule has 2 N–H and O–H groups in total. The fourth-order valence-electron chi connectivity index (χ4n) is 1.34. The van der Waals surface area contributed by atoms with Crippen LogP contribution in [0.15, 0.2) is 0 Å². The number of rotatable bonds is 3. The monoisotopic (exact) mass is 171 g/mol. The van der Waals surface area contributed by atoms with Gasteiger partial charge < -0.3 is 10.5 Å². The maximum absolute atomic E-state index is 11.0. The van der Waals surface area contributed by atoms with Crippen LogP contribution in [0.25, 0.3) is 0 Å². The summed E-state index contributed by atoms with van der Waals surface area (Å²) < 4.78 is 4.59. The Morgan fingerprint density at radius 3 is 2.50 bits per heavy atom. The van der Waals surface area contributed by atoms with Crippen LogP contribution in [0.4, 0.5) is 0 Å². The van der Waals surface area contributed by atoms with Gasteiger partial charge >= 0.3 is 5.97 Å². The molecule has 0 radical (unpaired) electrons. The Labute approximate surface area is 73.3 Å². The van der Waals surface area contributed by atoms with Gasteiger partial charge in [0.25, 0.3) is 0 Å². The molecule has 1 saturated carbocycles. The molecule has 1 unspecified atom stereocenters. The Hall–Kier alpha value is -0.570. The topological polar surface area (TPSA) is 52.3 Å². The van der Waals surface area contributed by atoms with E-state index in [0.717, 1.165) is 12.8 Å². The number of methoxy groups -OCH3 is 1. The predicted molar refractivity (Wildman–Crippen MR) is 46.6 cm³/mol. The van der Waals surface area contributed by atoms with Crippen molar-refractivity contribution in [1.29, 1.82) is 0 Å². The molecule has 1 rings (SSSR count). The number of carbonyl (C=O) groups is 1. The fraction of sp³-hybridized carbons (Fsp3) is 0.889. The molecule has 12 heavy (non-hydrogen) atoms. The zero-order chi connectivity index (χ0) is 9.41. The van der Waals surface area contributed by atoms with E-state index in [1.807, 2.05) is 6.92 Å². The van der Waals surface area contributed by atoms with Gasteiger partial charge in [0, 0.05) is 5.54 Å². The highest BCUT2D eigenvalue weighted by Gasteiger charge is 2.51. The standard InChI is InChI=1S/C9H17NO2/c1-8(4-5-8)9(2,10)6-7(11)12-3/h4-6,10H2,1-3H3. The number of nitrogens with two attached hydrogens (primary N) is 1. The normalized spacial score (nSPS) is 24.3.